The zero-order chi connectivity index (χ0) is 20.9. The molecule has 1 amide bonds. The maximum absolute atomic E-state index is 13.4. The van der Waals surface area contributed by atoms with Gasteiger partial charge in [0.2, 0.25) is 0 Å². The Hall–Kier alpha value is -1.91. The van der Waals surface area contributed by atoms with Crippen molar-refractivity contribution in [2.45, 2.75) is 77.6 Å². The molecule has 1 aliphatic carbocycles. The number of hydrogen-bond donors (Lipinski definition) is 1. The van der Waals surface area contributed by atoms with E-state index in [2.05, 4.69) is 49.1 Å². The molecule has 2 heterocycles. The Kier molecular flexibility index (Phi) is 5.11. The summed E-state index contributed by atoms with van der Waals surface area (Å²) in [7, 11) is 0. The van der Waals surface area contributed by atoms with Gasteiger partial charge in [0.15, 0.2) is 0 Å². The molecule has 0 bridgehead atoms. The van der Waals surface area contributed by atoms with E-state index < -0.39 is 0 Å². The normalized spacial score (nSPS) is 26.9. The fourth-order valence-electron chi connectivity index (χ4n) is 5.68. The van der Waals surface area contributed by atoms with Crippen molar-refractivity contribution < 1.29 is 9.90 Å². The summed E-state index contributed by atoms with van der Waals surface area (Å²) in [6.45, 7) is 8.50. The summed E-state index contributed by atoms with van der Waals surface area (Å²) >= 11 is 0. The first kappa shape index (κ1) is 20.0. The van der Waals surface area contributed by atoms with Gasteiger partial charge in [-0.25, -0.2) is 0 Å². The summed E-state index contributed by atoms with van der Waals surface area (Å²) in [6, 6.07) is 10.7. The lowest BCUT2D eigenvalue weighted by Gasteiger charge is -2.37. The van der Waals surface area contributed by atoms with Gasteiger partial charge >= 0.3 is 0 Å². The number of aliphatic hydroxyl groups excluding tert-OH is 1. The Balaban J connectivity index is 1.47. The van der Waals surface area contributed by atoms with Crippen molar-refractivity contribution in [3.8, 4) is 0 Å². The molecule has 30 heavy (non-hydrogen) atoms. The number of carbonyl (C=O) groups excluding carboxylic acids is 1. The van der Waals surface area contributed by atoms with Crippen LogP contribution in [-0.4, -0.2) is 46.0 Å². The summed E-state index contributed by atoms with van der Waals surface area (Å²) in [4.78, 5) is 17.9. The third-order valence-electron chi connectivity index (χ3n) is 7.76. The zero-order valence-corrected chi connectivity index (χ0v) is 18.4. The number of benzene rings is 2. The first-order valence-corrected chi connectivity index (χ1v) is 11.7. The number of piperidine rings is 1. The molecule has 2 aromatic rings. The highest BCUT2D eigenvalue weighted by Crippen LogP contribution is 2.37. The van der Waals surface area contributed by atoms with Crippen molar-refractivity contribution in [3.05, 3.63) is 47.0 Å². The predicted molar refractivity (Wildman–Crippen MR) is 120 cm³/mol. The van der Waals surface area contributed by atoms with Gasteiger partial charge in [-0.3, -0.25) is 9.69 Å². The number of aliphatic hydroxyl groups is 1. The molecule has 2 aromatic carbocycles. The highest BCUT2D eigenvalue weighted by Gasteiger charge is 2.38. The Morgan fingerprint density at radius 1 is 1.07 bits per heavy atom. The summed E-state index contributed by atoms with van der Waals surface area (Å²) in [5, 5.41) is 13.0. The van der Waals surface area contributed by atoms with Gasteiger partial charge in [0.1, 0.15) is 0 Å². The number of hydrogen-bond acceptors (Lipinski definition) is 3. The minimum Gasteiger partial charge on any atom is -0.391 e. The van der Waals surface area contributed by atoms with Crippen molar-refractivity contribution >= 4 is 16.7 Å². The minimum atomic E-state index is -0.389. The second-order valence-corrected chi connectivity index (χ2v) is 10.4. The summed E-state index contributed by atoms with van der Waals surface area (Å²) in [5.41, 5.74) is 3.72. The quantitative estimate of drug-likeness (QED) is 0.802. The number of carbonyl (C=O) groups is 1. The highest BCUT2D eigenvalue weighted by atomic mass is 16.3. The van der Waals surface area contributed by atoms with Crippen molar-refractivity contribution in [1.29, 1.82) is 0 Å². The van der Waals surface area contributed by atoms with Crippen LogP contribution in [0.15, 0.2) is 30.3 Å². The smallest absolute Gasteiger partial charge is 0.254 e. The van der Waals surface area contributed by atoms with Gasteiger partial charge in [-0.05, 0) is 72.2 Å². The van der Waals surface area contributed by atoms with E-state index in [9.17, 15) is 9.90 Å². The minimum absolute atomic E-state index is 0.0369. The first-order chi connectivity index (χ1) is 14.4. The second-order valence-electron chi connectivity index (χ2n) is 10.4. The van der Waals surface area contributed by atoms with Gasteiger partial charge in [-0.2, -0.15) is 0 Å². The third kappa shape index (κ3) is 3.54. The van der Waals surface area contributed by atoms with E-state index >= 15 is 0 Å². The number of fused-ring (bicyclic) bond motifs is 3. The van der Waals surface area contributed by atoms with Crippen LogP contribution < -0.4 is 0 Å². The zero-order valence-electron chi connectivity index (χ0n) is 18.4. The summed E-state index contributed by atoms with van der Waals surface area (Å²) in [6.07, 6.45) is 5.94. The monoisotopic (exact) mass is 406 g/mol. The Labute approximate surface area is 179 Å². The number of likely N-dealkylation sites (tertiary alicyclic amines) is 1. The van der Waals surface area contributed by atoms with Gasteiger partial charge in [-0.15, -0.1) is 0 Å². The van der Waals surface area contributed by atoms with E-state index in [0.717, 1.165) is 56.4 Å². The van der Waals surface area contributed by atoms with Gasteiger partial charge in [0.25, 0.3) is 5.91 Å². The van der Waals surface area contributed by atoms with Crippen LogP contribution >= 0.6 is 0 Å². The Bertz CT molecular complexity index is 957. The molecule has 2 fully saturated rings. The van der Waals surface area contributed by atoms with Crippen molar-refractivity contribution in [3.63, 3.8) is 0 Å². The molecule has 1 saturated carbocycles. The molecule has 1 unspecified atom stereocenters. The van der Waals surface area contributed by atoms with Crippen LogP contribution in [-0.2, 0) is 13.1 Å². The molecule has 2 aliphatic heterocycles. The molecule has 1 saturated heterocycles. The average Bonchev–Trinajstić information content (AvgIpc) is 3.07. The number of nitrogens with zero attached hydrogens (tertiary/aromatic N) is 2. The maximum atomic E-state index is 13.4. The molecule has 0 radical (unpaired) electrons. The molecule has 160 valence electrons. The SMILES string of the molecule is CC1(C)CCN(Cc2cc3c(c4ccccc24)CN(C2CCCC[C@@H]2O)C3=O)CC1. The van der Waals surface area contributed by atoms with Crippen molar-refractivity contribution in [2.24, 2.45) is 5.41 Å². The molecule has 3 aliphatic rings. The molecule has 1 N–H and O–H groups in total. The average molecular weight is 407 g/mol. The van der Waals surface area contributed by atoms with E-state index in [4.69, 9.17) is 0 Å². The molecule has 5 rings (SSSR count). The van der Waals surface area contributed by atoms with E-state index in [0.29, 0.717) is 12.0 Å². The Morgan fingerprint density at radius 2 is 1.77 bits per heavy atom. The summed E-state index contributed by atoms with van der Waals surface area (Å²) < 4.78 is 0. The lowest BCUT2D eigenvalue weighted by Crippen LogP contribution is -2.45. The van der Waals surface area contributed by atoms with Crippen molar-refractivity contribution in [1.82, 2.24) is 9.80 Å². The predicted octanol–water partition coefficient (Wildman–Crippen LogP) is 4.72. The van der Waals surface area contributed by atoms with Crippen LogP contribution in [0.5, 0.6) is 0 Å². The van der Waals surface area contributed by atoms with Gasteiger partial charge in [0, 0.05) is 18.7 Å². The molecule has 0 aromatic heterocycles. The topological polar surface area (TPSA) is 43.8 Å². The largest absolute Gasteiger partial charge is 0.391 e. The van der Waals surface area contributed by atoms with Gasteiger partial charge in [0.05, 0.1) is 12.1 Å². The molecular weight excluding hydrogens is 372 g/mol. The molecular formula is C26H34N2O2. The van der Waals surface area contributed by atoms with Crippen LogP contribution in [0.4, 0.5) is 0 Å². The van der Waals surface area contributed by atoms with Crippen LogP contribution in [0.1, 0.15) is 73.9 Å². The lowest BCUT2D eigenvalue weighted by molar-refractivity contribution is 0.0192. The van der Waals surface area contributed by atoms with Crippen molar-refractivity contribution in [2.75, 3.05) is 13.1 Å². The van der Waals surface area contributed by atoms with E-state index in [-0.39, 0.29) is 18.1 Å². The fraction of sp³-hybridized carbons (Fsp3) is 0.577. The third-order valence-corrected chi connectivity index (χ3v) is 7.76. The molecule has 2 atom stereocenters. The first-order valence-electron chi connectivity index (χ1n) is 11.7. The van der Waals surface area contributed by atoms with E-state index in [1.54, 1.807) is 0 Å². The summed E-state index contributed by atoms with van der Waals surface area (Å²) in [5.74, 6) is 0.114. The molecule has 4 nitrogen and oxygen atoms in total. The standard InChI is InChI=1S/C26H34N2O2/c1-26(2)11-13-27(14-12-26)16-18-15-21-22(20-8-4-3-7-19(18)20)17-28(25(21)30)23-9-5-6-10-24(23)29/h3-4,7-8,15,23-24,29H,5-6,9-14,16-17H2,1-2H3/t23?,24-/m0/s1. The van der Waals surface area contributed by atoms with Gasteiger partial charge < -0.3 is 10.0 Å². The molecule has 4 heteroatoms. The second kappa shape index (κ2) is 7.65. The number of amides is 1. The van der Waals surface area contributed by atoms with Crippen LogP contribution in [0.3, 0.4) is 0 Å². The van der Waals surface area contributed by atoms with Crippen LogP contribution in [0.2, 0.25) is 0 Å². The maximum Gasteiger partial charge on any atom is 0.254 e. The van der Waals surface area contributed by atoms with Crippen LogP contribution in [0, 0.1) is 5.41 Å². The lowest BCUT2D eigenvalue weighted by atomic mass is 9.82. The highest BCUT2D eigenvalue weighted by molar-refractivity contribution is 6.05. The Morgan fingerprint density at radius 3 is 2.50 bits per heavy atom. The fourth-order valence-corrected chi connectivity index (χ4v) is 5.68. The molecule has 0 spiro atoms. The number of rotatable bonds is 3. The van der Waals surface area contributed by atoms with E-state index in [1.165, 1.54) is 29.2 Å². The van der Waals surface area contributed by atoms with Crippen LogP contribution in [0.25, 0.3) is 10.8 Å². The van der Waals surface area contributed by atoms with Gasteiger partial charge in [-0.1, -0.05) is 51.0 Å². The van der Waals surface area contributed by atoms with E-state index in [1.807, 2.05) is 4.90 Å².